The first kappa shape index (κ1) is 13.2. The quantitative estimate of drug-likeness (QED) is 0.359. The van der Waals surface area contributed by atoms with E-state index in [1.165, 1.54) is 22.6 Å². The maximum Gasteiger partial charge on any atom is 0.378 e. The minimum atomic E-state index is -3.01. The molecule has 0 aromatic carbocycles. The van der Waals surface area contributed by atoms with Crippen LogP contribution in [0, 0.1) is 13.7 Å². The van der Waals surface area contributed by atoms with Crippen LogP contribution in [0.15, 0.2) is 6.07 Å². The van der Waals surface area contributed by atoms with Gasteiger partial charge in [-0.05, 0) is 44.1 Å². The lowest BCUT2D eigenvalue weighted by Gasteiger charge is -2.02. The number of hydrogen-bond acceptors (Lipinski definition) is 4. The molecule has 16 heavy (non-hydrogen) atoms. The molecule has 0 N–H and O–H groups in total. The number of alkyl halides is 2. The molecule has 9 heteroatoms. The third-order valence-corrected chi connectivity index (χ3v) is 2.84. The lowest BCUT2D eigenvalue weighted by atomic mass is 10.2. The number of pyridine rings is 1. The number of aromatic nitrogens is 1. The van der Waals surface area contributed by atoms with Crippen LogP contribution in [0.5, 0.6) is 0 Å². The summed E-state index contributed by atoms with van der Waals surface area (Å²) in [6, 6.07) is 0.745. The standard InChI is InChI=1S/C7H2ClF2IN2O3/c8-5(14)2-1-3(6(9)10)12-7(4(2)11)13(15)16/h1,6H. The van der Waals surface area contributed by atoms with Crippen molar-refractivity contribution in [3.05, 3.63) is 31.0 Å². The molecule has 0 saturated heterocycles. The predicted octanol–water partition coefficient (Wildman–Crippen LogP) is 2.91. The molecule has 0 saturated carbocycles. The monoisotopic (exact) mass is 362 g/mol. The van der Waals surface area contributed by atoms with Crippen molar-refractivity contribution in [1.29, 1.82) is 0 Å². The maximum atomic E-state index is 12.3. The molecule has 1 aromatic rings. The van der Waals surface area contributed by atoms with Gasteiger partial charge in [0.25, 0.3) is 5.24 Å². The first-order valence-electron chi connectivity index (χ1n) is 3.67. The SMILES string of the molecule is O=C(Cl)c1cc(C(F)F)nc([N+](=O)[O-])c1I. The average molecular weight is 362 g/mol. The third kappa shape index (κ3) is 2.61. The predicted molar refractivity (Wildman–Crippen MR) is 58.7 cm³/mol. The molecule has 0 unspecified atom stereocenters. The summed E-state index contributed by atoms with van der Waals surface area (Å²) in [5.41, 5.74) is -1.20. The van der Waals surface area contributed by atoms with Crippen LogP contribution >= 0.6 is 34.2 Å². The fraction of sp³-hybridized carbons (Fsp3) is 0.143. The van der Waals surface area contributed by atoms with E-state index in [1.54, 1.807) is 0 Å². The van der Waals surface area contributed by atoms with Crippen LogP contribution in [0.1, 0.15) is 22.5 Å². The summed E-state index contributed by atoms with van der Waals surface area (Å²) in [4.78, 5) is 23.6. The summed E-state index contributed by atoms with van der Waals surface area (Å²) in [5, 5.41) is 9.47. The summed E-state index contributed by atoms with van der Waals surface area (Å²) in [6.45, 7) is 0. The fourth-order valence-electron chi connectivity index (χ4n) is 0.911. The number of carbonyl (C=O) groups excluding carboxylic acids is 1. The fourth-order valence-corrected chi connectivity index (χ4v) is 1.94. The van der Waals surface area contributed by atoms with Gasteiger partial charge >= 0.3 is 12.2 Å². The second kappa shape index (κ2) is 4.95. The zero-order chi connectivity index (χ0) is 12.5. The van der Waals surface area contributed by atoms with Crippen molar-refractivity contribution in [3.63, 3.8) is 0 Å². The number of hydrogen-bond donors (Lipinski definition) is 0. The Morgan fingerprint density at radius 3 is 2.56 bits per heavy atom. The van der Waals surface area contributed by atoms with E-state index in [4.69, 9.17) is 11.6 Å². The number of carbonyl (C=O) groups is 1. The van der Waals surface area contributed by atoms with Crippen molar-refractivity contribution in [2.75, 3.05) is 0 Å². The Balaban J connectivity index is 3.51. The van der Waals surface area contributed by atoms with E-state index in [1.807, 2.05) is 0 Å². The molecule has 0 amide bonds. The Hall–Kier alpha value is -0.900. The molecular formula is C7H2ClF2IN2O3. The molecule has 0 aliphatic heterocycles. The van der Waals surface area contributed by atoms with Gasteiger partial charge < -0.3 is 10.1 Å². The highest BCUT2D eigenvalue weighted by molar-refractivity contribution is 14.1. The van der Waals surface area contributed by atoms with Crippen molar-refractivity contribution in [2.45, 2.75) is 6.43 Å². The Kier molecular flexibility index (Phi) is 4.08. The third-order valence-electron chi connectivity index (χ3n) is 1.57. The van der Waals surface area contributed by atoms with Gasteiger partial charge in [0.05, 0.1) is 5.56 Å². The van der Waals surface area contributed by atoms with Crippen molar-refractivity contribution < 1.29 is 18.5 Å². The molecule has 86 valence electrons. The number of rotatable bonds is 3. The number of nitrogens with zero attached hydrogens (tertiary/aromatic N) is 2. The van der Waals surface area contributed by atoms with Crippen molar-refractivity contribution in [3.8, 4) is 0 Å². The maximum absolute atomic E-state index is 12.3. The molecule has 0 aliphatic rings. The number of halogens is 4. The van der Waals surface area contributed by atoms with Crippen LogP contribution in [0.25, 0.3) is 0 Å². The molecular weight excluding hydrogens is 360 g/mol. The highest BCUT2D eigenvalue weighted by Gasteiger charge is 2.27. The van der Waals surface area contributed by atoms with E-state index in [0.717, 1.165) is 6.07 Å². The van der Waals surface area contributed by atoms with Gasteiger partial charge in [-0.15, -0.1) is 0 Å². The molecule has 0 radical (unpaired) electrons. The van der Waals surface area contributed by atoms with E-state index < -0.39 is 28.1 Å². The Bertz CT molecular complexity index is 434. The summed E-state index contributed by atoms with van der Waals surface area (Å²) >= 11 is 6.58. The largest absolute Gasteiger partial charge is 0.378 e. The van der Waals surface area contributed by atoms with Gasteiger partial charge in [-0.2, -0.15) is 0 Å². The molecule has 0 atom stereocenters. The minimum absolute atomic E-state index is 0.160. The Morgan fingerprint density at radius 2 is 2.19 bits per heavy atom. The second-order valence-electron chi connectivity index (χ2n) is 2.56. The molecule has 0 bridgehead atoms. The second-order valence-corrected chi connectivity index (χ2v) is 3.99. The molecule has 1 heterocycles. The van der Waals surface area contributed by atoms with Gasteiger partial charge in [0, 0.05) is 6.07 Å². The van der Waals surface area contributed by atoms with E-state index >= 15 is 0 Å². The molecule has 0 aliphatic carbocycles. The molecule has 0 spiro atoms. The summed E-state index contributed by atoms with van der Waals surface area (Å²) in [7, 11) is 0. The highest BCUT2D eigenvalue weighted by atomic mass is 127. The normalized spacial score (nSPS) is 10.6. The zero-order valence-electron chi connectivity index (χ0n) is 7.29. The van der Waals surface area contributed by atoms with E-state index in [-0.39, 0.29) is 9.13 Å². The minimum Gasteiger partial charge on any atom is -0.358 e. The zero-order valence-corrected chi connectivity index (χ0v) is 10.2. The van der Waals surface area contributed by atoms with Crippen LogP contribution in [0.4, 0.5) is 14.6 Å². The summed E-state index contributed by atoms with van der Waals surface area (Å²) < 4.78 is 24.5. The van der Waals surface area contributed by atoms with Crippen molar-refractivity contribution in [1.82, 2.24) is 4.98 Å². The van der Waals surface area contributed by atoms with Gasteiger partial charge in [0.1, 0.15) is 3.57 Å². The van der Waals surface area contributed by atoms with E-state index in [0.29, 0.717) is 0 Å². The van der Waals surface area contributed by atoms with Gasteiger partial charge in [-0.3, -0.25) is 4.79 Å². The Morgan fingerprint density at radius 1 is 1.62 bits per heavy atom. The average Bonchev–Trinajstić information content (AvgIpc) is 2.16. The number of nitro groups is 1. The van der Waals surface area contributed by atoms with Crippen molar-refractivity contribution in [2.24, 2.45) is 0 Å². The van der Waals surface area contributed by atoms with Gasteiger partial charge in [0.15, 0.2) is 0 Å². The van der Waals surface area contributed by atoms with Crippen molar-refractivity contribution >= 4 is 45.3 Å². The van der Waals surface area contributed by atoms with Gasteiger partial charge in [-0.25, -0.2) is 8.78 Å². The lowest BCUT2D eigenvalue weighted by molar-refractivity contribution is -0.390. The van der Waals surface area contributed by atoms with Crippen LogP contribution in [0.2, 0.25) is 0 Å². The smallest absolute Gasteiger partial charge is 0.358 e. The van der Waals surface area contributed by atoms with E-state index in [9.17, 15) is 23.7 Å². The van der Waals surface area contributed by atoms with E-state index in [2.05, 4.69) is 4.98 Å². The van der Waals surface area contributed by atoms with Gasteiger partial charge in [0.2, 0.25) is 5.69 Å². The first-order valence-corrected chi connectivity index (χ1v) is 5.13. The molecule has 0 fully saturated rings. The van der Waals surface area contributed by atoms with Crippen LogP contribution in [-0.2, 0) is 0 Å². The molecule has 1 rings (SSSR count). The summed E-state index contributed by atoms with van der Waals surface area (Å²) in [6.07, 6.45) is -3.01. The first-order chi connectivity index (χ1) is 7.34. The van der Waals surface area contributed by atoms with Gasteiger partial charge in [-0.1, -0.05) is 0 Å². The topological polar surface area (TPSA) is 73.1 Å². The Labute approximate surface area is 106 Å². The van der Waals surface area contributed by atoms with Crippen LogP contribution in [0.3, 0.4) is 0 Å². The molecule has 1 aromatic heterocycles. The summed E-state index contributed by atoms with van der Waals surface area (Å²) in [5.74, 6) is -0.803. The highest BCUT2D eigenvalue weighted by Crippen LogP contribution is 2.28. The lowest BCUT2D eigenvalue weighted by Crippen LogP contribution is -2.05. The van der Waals surface area contributed by atoms with Crippen LogP contribution < -0.4 is 0 Å². The van der Waals surface area contributed by atoms with Crippen LogP contribution in [-0.4, -0.2) is 15.1 Å². The molecule has 5 nitrogen and oxygen atoms in total.